The van der Waals surface area contributed by atoms with Crippen LogP contribution in [0.2, 0.25) is 0 Å². The fourth-order valence-electron chi connectivity index (χ4n) is 3.71. The summed E-state index contributed by atoms with van der Waals surface area (Å²) < 4.78 is 5.91. The van der Waals surface area contributed by atoms with Gasteiger partial charge in [-0.25, -0.2) is 0 Å². The number of piperidine rings is 1. The van der Waals surface area contributed by atoms with Crippen LogP contribution in [0.15, 0.2) is 0 Å². The molecule has 3 nitrogen and oxygen atoms in total. The van der Waals surface area contributed by atoms with E-state index in [2.05, 4.69) is 31.0 Å². The molecule has 0 aromatic carbocycles. The first-order valence-corrected chi connectivity index (χ1v) is 8.78. The summed E-state index contributed by atoms with van der Waals surface area (Å²) in [5.74, 6) is 0.846. The van der Waals surface area contributed by atoms with Crippen molar-refractivity contribution in [3.63, 3.8) is 0 Å². The molecule has 118 valence electrons. The molecule has 2 rings (SSSR count). The molecule has 0 amide bonds. The van der Waals surface area contributed by atoms with Gasteiger partial charge in [-0.1, -0.05) is 27.2 Å². The van der Waals surface area contributed by atoms with Crippen LogP contribution < -0.4 is 5.32 Å². The fraction of sp³-hybridized carbons (Fsp3) is 1.00. The van der Waals surface area contributed by atoms with Crippen molar-refractivity contribution >= 4 is 0 Å². The first-order valence-electron chi connectivity index (χ1n) is 8.78. The molecular weight excluding hydrogens is 248 g/mol. The molecule has 0 aromatic heterocycles. The molecule has 0 aliphatic carbocycles. The van der Waals surface area contributed by atoms with Crippen LogP contribution in [0.5, 0.6) is 0 Å². The van der Waals surface area contributed by atoms with Gasteiger partial charge in [0, 0.05) is 25.2 Å². The minimum absolute atomic E-state index is 0.521. The zero-order valence-corrected chi connectivity index (χ0v) is 13.7. The maximum absolute atomic E-state index is 5.91. The average molecular weight is 282 g/mol. The second-order valence-corrected chi connectivity index (χ2v) is 7.03. The minimum Gasteiger partial charge on any atom is -0.378 e. The van der Waals surface area contributed by atoms with Gasteiger partial charge in [-0.05, 0) is 51.1 Å². The van der Waals surface area contributed by atoms with Gasteiger partial charge in [0.1, 0.15) is 0 Å². The van der Waals surface area contributed by atoms with Crippen LogP contribution in [0.25, 0.3) is 0 Å². The minimum atomic E-state index is 0.521. The van der Waals surface area contributed by atoms with Crippen molar-refractivity contribution in [2.75, 3.05) is 26.2 Å². The molecule has 2 fully saturated rings. The summed E-state index contributed by atoms with van der Waals surface area (Å²) in [4.78, 5) is 2.77. The molecule has 20 heavy (non-hydrogen) atoms. The maximum Gasteiger partial charge on any atom is 0.0590 e. The van der Waals surface area contributed by atoms with Crippen LogP contribution in [0.3, 0.4) is 0 Å². The summed E-state index contributed by atoms with van der Waals surface area (Å²) in [5.41, 5.74) is 0. The largest absolute Gasteiger partial charge is 0.378 e. The molecule has 0 saturated carbocycles. The molecule has 0 spiro atoms. The Morgan fingerprint density at radius 1 is 1.30 bits per heavy atom. The Morgan fingerprint density at radius 2 is 2.15 bits per heavy atom. The van der Waals surface area contributed by atoms with E-state index in [0.717, 1.165) is 18.6 Å². The van der Waals surface area contributed by atoms with Gasteiger partial charge in [0.05, 0.1) is 6.10 Å². The van der Waals surface area contributed by atoms with Gasteiger partial charge in [-0.3, -0.25) is 4.90 Å². The smallest absolute Gasteiger partial charge is 0.0590 e. The standard InChI is InChI=1S/C17H34N2O/c1-4-6-17-11-16(8-10-20-17)19-9-5-7-15(13-19)12-18-14(2)3/h14-18H,4-13H2,1-3H3. The van der Waals surface area contributed by atoms with E-state index in [1.54, 1.807) is 0 Å². The fourth-order valence-corrected chi connectivity index (χ4v) is 3.71. The molecule has 2 saturated heterocycles. The Morgan fingerprint density at radius 3 is 2.90 bits per heavy atom. The second-order valence-electron chi connectivity index (χ2n) is 7.03. The van der Waals surface area contributed by atoms with E-state index in [-0.39, 0.29) is 0 Å². The lowest BCUT2D eigenvalue weighted by Gasteiger charge is -2.42. The Bertz CT molecular complexity index is 268. The number of likely N-dealkylation sites (tertiary alicyclic amines) is 1. The van der Waals surface area contributed by atoms with E-state index < -0.39 is 0 Å². The van der Waals surface area contributed by atoms with Gasteiger partial charge in [0.15, 0.2) is 0 Å². The van der Waals surface area contributed by atoms with Crippen LogP contribution in [0, 0.1) is 5.92 Å². The van der Waals surface area contributed by atoms with Crippen LogP contribution in [-0.2, 0) is 4.74 Å². The van der Waals surface area contributed by atoms with Gasteiger partial charge in [0.2, 0.25) is 0 Å². The lowest BCUT2D eigenvalue weighted by Crippen LogP contribution is -2.48. The number of ether oxygens (including phenoxy) is 1. The summed E-state index contributed by atoms with van der Waals surface area (Å²) in [6, 6.07) is 1.39. The van der Waals surface area contributed by atoms with Crippen LogP contribution >= 0.6 is 0 Å². The third-order valence-corrected chi connectivity index (χ3v) is 4.83. The highest BCUT2D eigenvalue weighted by atomic mass is 16.5. The van der Waals surface area contributed by atoms with Crippen molar-refractivity contribution in [1.82, 2.24) is 10.2 Å². The average Bonchev–Trinajstić information content (AvgIpc) is 2.46. The molecule has 2 aliphatic rings. The van der Waals surface area contributed by atoms with Gasteiger partial charge in [-0.2, -0.15) is 0 Å². The van der Waals surface area contributed by atoms with E-state index in [4.69, 9.17) is 4.74 Å². The SMILES string of the molecule is CCCC1CC(N2CCCC(CNC(C)C)C2)CCO1. The lowest BCUT2D eigenvalue weighted by molar-refractivity contribution is -0.0386. The molecule has 3 heteroatoms. The number of hydrogen-bond acceptors (Lipinski definition) is 3. The maximum atomic E-state index is 5.91. The van der Waals surface area contributed by atoms with Crippen molar-refractivity contribution in [2.24, 2.45) is 5.92 Å². The van der Waals surface area contributed by atoms with E-state index in [9.17, 15) is 0 Å². The van der Waals surface area contributed by atoms with Crippen molar-refractivity contribution < 1.29 is 4.74 Å². The van der Waals surface area contributed by atoms with E-state index in [1.807, 2.05) is 0 Å². The molecular formula is C17H34N2O. The first kappa shape index (κ1) is 16.3. The topological polar surface area (TPSA) is 24.5 Å². The summed E-state index contributed by atoms with van der Waals surface area (Å²) in [7, 11) is 0. The summed E-state index contributed by atoms with van der Waals surface area (Å²) in [5, 5.41) is 3.62. The number of hydrogen-bond donors (Lipinski definition) is 1. The Balaban J connectivity index is 1.78. The normalized spacial score (nSPS) is 32.7. The third-order valence-electron chi connectivity index (χ3n) is 4.83. The number of nitrogens with zero attached hydrogens (tertiary/aromatic N) is 1. The predicted molar refractivity (Wildman–Crippen MR) is 85.1 cm³/mol. The number of rotatable bonds is 6. The zero-order chi connectivity index (χ0) is 14.4. The van der Waals surface area contributed by atoms with Gasteiger partial charge in [0.25, 0.3) is 0 Å². The van der Waals surface area contributed by atoms with Crippen molar-refractivity contribution in [3.8, 4) is 0 Å². The predicted octanol–water partition coefficient (Wildman–Crippen LogP) is 3.04. The third kappa shape index (κ3) is 5.01. The molecule has 0 aromatic rings. The summed E-state index contributed by atoms with van der Waals surface area (Å²) >= 11 is 0. The van der Waals surface area contributed by atoms with Gasteiger partial charge < -0.3 is 10.1 Å². The Labute approximate surface area is 125 Å². The molecule has 2 heterocycles. The Hall–Kier alpha value is -0.120. The summed E-state index contributed by atoms with van der Waals surface area (Å²) in [6.07, 6.45) is 8.29. The van der Waals surface area contributed by atoms with E-state index in [1.165, 1.54) is 58.2 Å². The number of nitrogens with one attached hydrogen (secondary N) is 1. The first-order chi connectivity index (χ1) is 9.69. The van der Waals surface area contributed by atoms with E-state index >= 15 is 0 Å². The molecule has 0 radical (unpaired) electrons. The van der Waals surface area contributed by atoms with Crippen LogP contribution in [0.4, 0.5) is 0 Å². The van der Waals surface area contributed by atoms with Gasteiger partial charge in [-0.15, -0.1) is 0 Å². The quantitative estimate of drug-likeness (QED) is 0.810. The van der Waals surface area contributed by atoms with Crippen molar-refractivity contribution in [1.29, 1.82) is 0 Å². The van der Waals surface area contributed by atoms with E-state index in [0.29, 0.717) is 12.1 Å². The lowest BCUT2D eigenvalue weighted by atomic mass is 9.92. The summed E-state index contributed by atoms with van der Waals surface area (Å²) in [6.45, 7) is 11.5. The monoisotopic (exact) mass is 282 g/mol. The highest BCUT2D eigenvalue weighted by Gasteiger charge is 2.30. The van der Waals surface area contributed by atoms with Crippen molar-refractivity contribution in [2.45, 2.75) is 77.5 Å². The molecule has 3 unspecified atom stereocenters. The van der Waals surface area contributed by atoms with Crippen molar-refractivity contribution in [3.05, 3.63) is 0 Å². The molecule has 2 aliphatic heterocycles. The molecule has 3 atom stereocenters. The molecule has 0 bridgehead atoms. The zero-order valence-electron chi connectivity index (χ0n) is 13.7. The van der Waals surface area contributed by atoms with Crippen LogP contribution in [0.1, 0.15) is 59.3 Å². The highest BCUT2D eigenvalue weighted by molar-refractivity contribution is 4.84. The Kier molecular flexibility index (Phi) is 6.79. The molecule has 1 N–H and O–H groups in total. The second kappa shape index (κ2) is 8.35. The van der Waals surface area contributed by atoms with Crippen LogP contribution in [-0.4, -0.2) is 49.3 Å². The highest BCUT2D eigenvalue weighted by Crippen LogP contribution is 2.26. The van der Waals surface area contributed by atoms with Gasteiger partial charge >= 0.3 is 0 Å².